The van der Waals surface area contributed by atoms with Gasteiger partial charge in [0.15, 0.2) is 11.5 Å². The third-order valence-electron chi connectivity index (χ3n) is 3.77. The largest absolute Gasteiger partial charge is 0.493 e. The highest BCUT2D eigenvalue weighted by atomic mass is 32.1. The molecule has 3 nitrogen and oxygen atoms in total. The van der Waals surface area contributed by atoms with E-state index in [1.54, 1.807) is 14.2 Å². The van der Waals surface area contributed by atoms with Gasteiger partial charge in [0.05, 0.1) is 14.2 Å². The molecule has 1 aliphatic heterocycles. The van der Waals surface area contributed by atoms with Crippen LogP contribution in [0.3, 0.4) is 0 Å². The Kier molecular flexibility index (Phi) is 3.94. The van der Waals surface area contributed by atoms with Gasteiger partial charge in [-0.15, -0.1) is 11.3 Å². The SMILES string of the molecule is COc1ccc(CC2NCCc3ccsc32)cc1OC. The standard InChI is InChI=1S/C16H19NO2S/c1-18-14-4-3-11(10-15(14)19-2)9-13-16-12(5-7-17-13)6-8-20-16/h3-4,6,8,10,13,17H,5,7,9H2,1-2H3. The first-order valence-corrected chi connectivity index (χ1v) is 7.70. The first-order chi connectivity index (χ1) is 9.81. The lowest BCUT2D eigenvalue weighted by Gasteiger charge is -2.24. The third kappa shape index (κ3) is 2.53. The second kappa shape index (κ2) is 5.85. The molecule has 0 bridgehead atoms. The summed E-state index contributed by atoms with van der Waals surface area (Å²) in [7, 11) is 3.34. The van der Waals surface area contributed by atoms with Crippen LogP contribution >= 0.6 is 11.3 Å². The average molecular weight is 289 g/mol. The minimum absolute atomic E-state index is 0.414. The van der Waals surface area contributed by atoms with E-state index >= 15 is 0 Å². The summed E-state index contributed by atoms with van der Waals surface area (Å²) in [4.78, 5) is 1.48. The minimum Gasteiger partial charge on any atom is -0.493 e. The maximum Gasteiger partial charge on any atom is 0.160 e. The van der Waals surface area contributed by atoms with Crippen LogP contribution in [-0.4, -0.2) is 20.8 Å². The molecule has 0 fully saturated rings. The van der Waals surface area contributed by atoms with Crippen LogP contribution in [0.4, 0.5) is 0 Å². The highest BCUT2D eigenvalue weighted by Crippen LogP contribution is 2.33. The maximum atomic E-state index is 5.38. The normalized spacial score (nSPS) is 17.6. The first kappa shape index (κ1) is 13.5. The number of fused-ring (bicyclic) bond motifs is 1. The van der Waals surface area contributed by atoms with Gasteiger partial charge in [-0.2, -0.15) is 0 Å². The molecule has 0 amide bonds. The summed E-state index contributed by atoms with van der Waals surface area (Å²) in [5.74, 6) is 1.58. The topological polar surface area (TPSA) is 30.5 Å². The van der Waals surface area contributed by atoms with Crippen LogP contribution in [0.1, 0.15) is 22.0 Å². The Balaban J connectivity index is 1.82. The highest BCUT2D eigenvalue weighted by Gasteiger charge is 2.21. The van der Waals surface area contributed by atoms with Crippen LogP contribution in [0.15, 0.2) is 29.6 Å². The quantitative estimate of drug-likeness (QED) is 0.937. The van der Waals surface area contributed by atoms with Crippen molar-refractivity contribution in [3.8, 4) is 11.5 Å². The molecule has 1 aliphatic rings. The van der Waals surface area contributed by atoms with Crippen molar-refractivity contribution < 1.29 is 9.47 Å². The van der Waals surface area contributed by atoms with Gasteiger partial charge < -0.3 is 14.8 Å². The molecular formula is C16H19NO2S. The van der Waals surface area contributed by atoms with Crippen molar-refractivity contribution in [3.05, 3.63) is 45.6 Å². The Morgan fingerprint density at radius 1 is 1.20 bits per heavy atom. The van der Waals surface area contributed by atoms with Crippen molar-refractivity contribution in [1.29, 1.82) is 0 Å². The second-order valence-corrected chi connectivity index (χ2v) is 5.91. The third-order valence-corrected chi connectivity index (χ3v) is 4.84. The number of thiophene rings is 1. The summed E-state index contributed by atoms with van der Waals surface area (Å²) in [6.07, 6.45) is 2.12. The lowest BCUT2D eigenvalue weighted by Crippen LogP contribution is -2.29. The molecule has 2 aromatic rings. The molecule has 0 spiro atoms. The summed E-state index contributed by atoms with van der Waals surface area (Å²) >= 11 is 1.85. The predicted octanol–water partition coefficient (Wildman–Crippen LogP) is 3.19. The first-order valence-electron chi connectivity index (χ1n) is 6.82. The van der Waals surface area contributed by atoms with E-state index in [0.29, 0.717) is 6.04 Å². The molecule has 4 heteroatoms. The molecule has 20 heavy (non-hydrogen) atoms. The molecule has 1 aromatic carbocycles. The Morgan fingerprint density at radius 2 is 2.05 bits per heavy atom. The minimum atomic E-state index is 0.414. The molecule has 1 unspecified atom stereocenters. The fraction of sp³-hybridized carbons (Fsp3) is 0.375. The zero-order valence-electron chi connectivity index (χ0n) is 11.8. The zero-order valence-corrected chi connectivity index (χ0v) is 12.6. The number of benzene rings is 1. The molecular weight excluding hydrogens is 270 g/mol. The Morgan fingerprint density at radius 3 is 2.85 bits per heavy atom. The summed E-state index contributed by atoms with van der Waals surface area (Å²) in [6.45, 7) is 1.06. The lowest BCUT2D eigenvalue weighted by molar-refractivity contribution is 0.354. The van der Waals surface area contributed by atoms with Crippen molar-refractivity contribution in [2.45, 2.75) is 18.9 Å². The van der Waals surface area contributed by atoms with Crippen LogP contribution in [0.5, 0.6) is 11.5 Å². The molecule has 0 radical (unpaired) electrons. The number of hydrogen-bond acceptors (Lipinski definition) is 4. The number of rotatable bonds is 4. The molecule has 1 aromatic heterocycles. The number of nitrogens with one attached hydrogen (secondary N) is 1. The molecule has 0 saturated heterocycles. The van der Waals surface area contributed by atoms with Gasteiger partial charge in [0.2, 0.25) is 0 Å². The van der Waals surface area contributed by atoms with Gasteiger partial charge in [-0.05, 0) is 54.1 Å². The average Bonchev–Trinajstić information content (AvgIpc) is 2.96. The fourth-order valence-electron chi connectivity index (χ4n) is 2.74. The van der Waals surface area contributed by atoms with E-state index in [1.807, 2.05) is 17.4 Å². The second-order valence-electron chi connectivity index (χ2n) is 4.96. The van der Waals surface area contributed by atoms with Crippen LogP contribution < -0.4 is 14.8 Å². The summed E-state index contributed by atoms with van der Waals surface area (Å²) in [5.41, 5.74) is 2.76. The van der Waals surface area contributed by atoms with E-state index in [4.69, 9.17) is 9.47 Å². The van der Waals surface area contributed by atoms with Crippen LogP contribution in [0.2, 0.25) is 0 Å². The molecule has 1 atom stereocenters. The molecule has 2 heterocycles. The van der Waals surface area contributed by atoms with Crippen molar-refractivity contribution in [2.75, 3.05) is 20.8 Å². The van der Waals surface area contributed by atoms with Crippen LogP contribution in [0.25, 0.3) is 0 Å². The van der Waals surface area contributed by atoms with E-state index in [0.717, 1.165) is 30.9 Å². The highest BCUT2D eigenvalue weighted by molar-refractivity contribution is 7.10. The summed E-state index contributed by atoms with van der Waals surface area (Å²) in [5, 5.41) is 5.81. The Hall–Kier alpha value is -1.52. The number of hydrogen-bond donors (Lipinski definition) is 1. The van der Waals surface area contributed by atoms with E-state index < -0.39 is 0 Å². The van der Waals surface area contributed by atoms with Crippen LogP contribution in [-0.2, 0) is 12.8 Å². The molecule has 106 valence electrons. The van der Waals surface area contributed by atoms with E-state index in [2.05, 4.69) is 28.9 Å². The Labute approximate surface area is 123 Å². The van der Waals surface area contributed by atoms with Gasteiger partial charge in [0.25, 0.3) is 0 Å². The molecule has 1 N–H and O–H groups in total. The number of ether oxygens (including phenoxy) is 2. The van der Waals surface area contributed by atoms with Crippen molar-refractivity contribution in [1.82, 2.24) is 5.32 Å². The van der Waals surface area contributed by atoms with E-state index in [9.17, 15) is 0 Å². The molecule has 0 aliphatic carbocycles. The maximum absolute atomic E-state index is 5.38. The number of methoxy groups -OCH3 is 2. The van der Waals surface area contributed by atoms with Gasteiger partial charge in [-0.25, -0.2) is 0 Å². The molecule has 3 rings (SSSR count). The van der Waals surface area contributed by atoms with E-state index in [-0.39, 0.29) is 0 Å². The van der Waals surface area contributed by atoms with Crippen LogP contribution in [0, 0.1) is 0 Å². The van der Waals surface area contributed by atoms with E-state index in [1.165, 1.54) is 16.0 Å². The van der Waals surface area contributed by atoms with Gasteiger partial charge in [-0.3, -0.25) is 0 Å². The zero-order chi connectivity index (χ0) is 13.9. The van der Waals surface area contributed by atoms with Gasteiger partial charge in [-0.1, -0.05) is 6.07 Å². The monoisotopic (exact) mass is 289 g/mol. The van der Waals surface area contributed by atoms with Crippen molar-refractivity contribution in [3.63, 3.8) is 0 Å². The van der Waals surface area contributed by atoms with Gasteiger partial charge in [0, 0.05) is 10.9 Å². The fourth-order valence-corrected chi connectivity index (χ4v) is 3.77. The van der Waals surface area contributed by atoms with Crippen molar-refractivity contribution >= 4 is 11.3 Å². The molecule has 0 saturated carbocycles. The lowest BCUT2D eigenvalue weighted by atomic mass is 9.97. The summed E-state index contributed by atoms with van der Waals surface area (Å²) < 4.78 is 10.7. The van der Waals surface area contributed by atoms with Gasteiger partial charge >= 0.3 is 0 Å². The Bertz CT molecular complexity index is 594. The summed E-state index contributed by atoms with van der Waals surface area (Å²) in [6, 6.07) is 8.83. The van der Waals surface area contributed by atoms with Gasteiger partial charge in [0.1, 0.15) is 0 Å². The predicted molar refractivity (Wildman–Crippen MR) is 82.0 cm³/mol. The smallest absolute Gasteiger partial charge is 0.160 e. The van der Waals surface area contributed by atoms with Crippen molar-refractivity contribution in [2.24, 2.45) is 0 Å².